The van der Waals surface area contributed by atoms with Crippen molar-refractivity contribution in [3.63, 3.8) is 0 Å². The number of carboxylic acids is 1. The molecule has 4 aromatic rings. The summed E-state index contributed by atoms with van der Waals surface area (Å²) in [7, 11) is -4.65. The molecule has 0 unspecified atom stereocenters. The number of aromatic nitrogens is 3. The van der Waals surface area contributed by atoms with Crippen molar-refractivity contribution in [3.05, 3.63) is 93.3 Å². The predicted molar refractivity (Wildman–Crippen MR) is 150 cm³/mol. The van der Waals surface area contributed by atoms with Gasteiger partial charge in [0.2, 0.25) is 16.5 Å². The van der Waals surface area contributed by atoms with E-state index in [0.717, 1.165) is 18.2 Å². The molecule has 0 bridgehead atoms. The molecule has 4 rings (SSSR count). The second-order valence-corrected chi connectivity index (χ2v) is 10.1. The standard InChI is InChI=1S/C24H18Cl2N8O6S.Cu/c1-12-9-17(27-24-29-22(25)28-23(26)30-24)19(35)18(10-12)32-34-20(13-5-3-2-4-6-13)33-31-16-11-14(41(38,39)40)7-8-15(16)21(36)37;/h2-11H,1H3,(H5,27,28,29,30,31,32,33,34,35,36,37,38,39,40);/q;+1/p-1. The van der Waals surface area contributed by atoms with Crippen LogP contribution >= 0.6 is 23.2 Å². The molecule has 1 heterocycles. The van der Waals surface area contributed by atoms with Crippen LogP contribution in [-0.2, 0) is 27.2 Å². The van der Waals surface area contributed by atoms with Crippen molar-refractivity contribution in [2.75, 3.05) is 5.32 Å². The van der Waals surface area contributed by atoms with Gasteiger partial charge in [-0.05, 0) is 60.0 Å². The Morgan fingerprint density at radius 3 is 2.29 bits per heavy atom. The quantitative estimate of drug-likeness (QED) is 0.0323. The molecular weight excluding hydrogens is 663 g/mol. The second kappa shape index (κ2) is 13.7. The third-order valence-electron chi connectivity index (χ3n) is 5.10. The summed E-state index contributed by atoms with van der Waals surface area (Å²) in [4.78, 5) is 22.5. The first-order chi connectivity index (χ1) is 19.4. The van der Waals surface area contributed by atoms with E-state index in [1.54, 1.807) is 43.3 Å². The van der Waals surface area contributed by atoms with Gasteiger partial charge in [0, 0.05) is 11.1 Å². The zero-order valence-electron chi connectivity index (χ0n) is 20.9. The SMILES string of the molecule is Cc1cc(N=N/C(=N\[N-]c2cc(S(=O)(=O)O)ccc2C(=O)O)c2ccccc2)c(O)c(Nc2nc(Cl)nc(Cl)n2)c1.[Cu+]. The number of rotatable bonds is 8. The first kappa shape index (κ1) is 32.3. The summed E-state index contributed by atoms with van der Waals surface area (Å²) in [5.41, 5.74) is 4.34. The fourth-order valence-electron chi connectivity index (χ4n) is 3.29. The predicted octanol–water partition coefficient (Wildman–Crippen LogP) is 6.03. The number of nitrogens with one attached hydrogen (secondary N) is 1. The van der Waals surface area contributed by atoms with Gasteiger partial charge >= 0.3 is 23.0 Å². The van der Waals surface area contributed by atoms with E-state index in [-0.39, 0.29) is 67.8 Å². The summed E-state index contributed by atoms with van der Waals surface area (Å²) in [5.74, 6) is -1.91. The van der Waals surface area contributed by atoms with E-state index in [0.29, 0.717) is 11.1 Å². The Bertz CT molecular complexity index is 1790. The van der Waals surface area contributed by atoms with Gasteiger partial charge < -0.3 is 26.1 Å². The summed E-state index contributed by atoms with van der Waals surface area (Å²) >= 11 is 11.6. The van der Waals surface area contributed by atoms with Crippen molar-refractivity contribution in [1.29, 1.82) is 0 Å². The number of phenolic OH excluding ortho intramolecular Hbond substituents is 1. The Morgan fingerprint density at radius 1 is 1.00 bits per heavy atom. The number of phenols is 1. The molecule has 18 heteroatoms. The average molecular weight is 680 g/mol. The summed E-state index contributed by atoms with van der Waals surface area (Å²) in [6.45, 7) is 1.73. The van der Waals surface area contributed by atoms with E-state index in [2.05, 4.69) is 41.0 Å². The van der Waals surface area contributed by atoms with Gasteiger partial charge in [0.15, 0.2) is 11.6 Å². The number of azo groups is 1. The van der Waals surface area contributed by atoms with Crippen LogP contribution in [-0.4, -0.2) is 49.9 Å². The van der Waals surface area contributed by atoms with E-state index >= 15 is 0 Å². The van der Waals surface area contributed by atoms with E-state index in [1.165, 1.54) is 6.07 Å². The third-order valence-corrected chi connectivity index (χ3v) is 6.28. The van der Waals surface area contributed by atoms with Gasteiger partial charge in [0.1, 0.15) is 5.69 Å². The van der Waals surface area contributed by atoms with Crippen LogP contribution in [0.25, 0.3) is 5.43 Å². The number of amidine groups is 1. The molecular formula is C24H17Cl2CuN8O6S. The normalized spacial score (nSPS) is 11.7. The number of aromatic hydroxyl groups is 1. The van der Waals surface area contributed by atoms with Gasteiger partial charge in [0.05, 0.1) is 10.6 Å². The zero-order chi connectivity index (χ0) is 29.7. The molecule has 42 heavy (non-hydrogen) atoms. The van der Waals surface area contributed by atoms with Crippen molar-refractivity contribution in [1.82, 2.24) is 15.0 Å². The molecule has 0 saturated carbocycles. The minimum absolute atomic E-state index is 0. The Balaban J connectivity index is 0.00000484. The van der Waals surface area contributed by atoms with Gasteiger partial charge in [0.25, 0.3) is 10.1 Å². The maximum absolute atomic E-state index is 11.7. The molecule has 0 spiro atoms. The topological polar surface area (TPSA) is 214 Å². The van der Waals surface area contributed by atoms with Crippen LogP contribution in [0.15, 0.2) is 80.9 Å². The molecule has 0 saturated heterocycles. The van der Waals surface area contributed by atoms with Crippen LogP contribution in [0.5, 0.6) is 5.75 Å². The Kier molecular flexibility index (Phi) is 10.5. The van der Waals surface area contributed by atoms with E-state index < -0.39 is 21.0 Å². The number of hydrogen-bond acceptors (Lipinski definition) is 10. The minimum Gasteiger partial charge on any atom is -0.573 e. The molecule has 0 aliphatic heterocycles. The number of carbonyl (C=O) groups is 1. The van der Waals surface area contributed by atoms with E-state index in [1.807, 2.05) is 0 Å². The van der Waals surface area contributed by atoms with E-state index in [4.69, 9.17) is 23.2 Å². The molecule has 0 aliphatic carbocycles. The molecule has 0 amide bonds. The van der Waals surface area contributed by atoms with Gasteiger partial charge in [-0.3, -0.25) is 4.55 Å². The van der Waals surface area contributed by atoms with Crippen molar-refractivity contribution < 1.29 is 45.0 Å². The number of hydrogen-bond donors (Lipinski definition) is 4. The summed E-state index contributed by atoms with van der Waals surface area (Å²) in [5, 5.41) is 35.0. The molecule has 0 aliphatic rings. The second-order valence-electron chi connectivity index (χ2n) is 8.05. The molecule has 1 aromatic heterocycles. The van der Waals surface area contributed by atoms with Gasteiger partial charge in [-0.25, -0.2) is 4.79 Å². The van der Waals surface area contributed by atoms with Gasteiger partial charge in [-0.15, -0.1) is 15.9 Å². The molecule has 14 nitrogen and oxygen atoms in total. The number of anilines is 2. The third kappa shape index (κ3) is 8.19. The fourth-order valence-corrected chi connectivity index (χ4v) is 4.16. The molecule has 0 atom stereocenters. The smallest absolute Gasteiger partial charge is 0.573 e. The first-order valence-corrected chi connectivity index (χ1v) is 13.4. The zero-order valence-corrected chi connectivity index (χ0v) is 24.2. The molecule has 4 N–H and O–H groups in total. The van der Waals surface area contributed by atoms with Crippen LogP contribution in [0.4, 0.5) is 23.0 Å². The maximum atomic E-state index is 11.7. The number of aryl methyl sites for hydroxylation is 1. The largest absolute Gasteiger partial charge is 1.00 e. The van der Waals surface area contributed by atoms with Gasteiger partial charge in [-0.1, -0.05) is 36.4 Å². The Morgan fingerprint density at radius 2 is 1.67 bits per heavy atom. The van der Waals surface area contributed by atoms with Crippen LogP contribution in [0.3, 0.4) is 0 Å². The Hall–Kier alpha value is -4.18. The number of aromatic carboxylic acids is 1. The number of nitrogens with zero attached hydrogens (tertiary/aromatic N) is 7. The summed E-state index contributed by atoms with van der Waals surface area (Å²) < 4.78 is 32.5. The minimum atomic E-state index is -4.65. The number of halogens is 2. The van der Waals surface area contributed by atoms with Crippen LogP contribution in [0.2, 0.25) is 10.6 Å². The Labute approximate surface area is 258 Å². The molecule has 0 fully saturated rings. The van der Waals surface area contributed by atoms with Crippen LogP contribution in [0.1, 0.15) is 21.5 Å². The molecule has 3 aromatic carbocycles. The van der Waals surface area contributed by atoms with E-state index in [9.17, 15) is 28.0 Å². The summed E-state index contributed by atoms with van der Waals surface area (Å²) in [6.07, 6.45) is 0. The summed E-state index contributed by atoms with van der Waals surface area (Å²) in [6, 6.07) is 14.2. The average Bonchev–Trinajstić information content (AvgIpc) is 2.90. The molecule has 0 radical (unpaired) electrons. The molecule has 220 valence electrons. The van der Waals surface area contributed by atoms with Crippen molar-refractivity contribution in [2.45, 2.75) is 11.8 Å². The van der Waals surface area contributed by atoms with Crippen molar-refractivity contribution in [3.8, 4) is 5.75 Å². The fraction of sp³-hybridized carbons (Fsp3) is 0.0417. The monoisotopic (exact) mass is 678 g/mol. The van der Waals surface area contributed by atoms with Crippen molar-refractivity contribution >= 4 is 68.1 Å². The van der Waals surface area contributed by atoms with Crippen molar-refractivity contribution in [2.24, 2.45) is 15.3 Å². The number of carboxylic acid groups (broad SMARTS) is 1. The maximum Gasteiger partial charge on any atom is 1.00 e. The first-order valence-electron chi connectivity index (χ1n) is 11.2. The van der Waals surface area contributed by atoms with Gasteiger partial charge in [-0.2, -0.15) is 23.4 Å². The van der Waals surface area contributed by atoms with Crippen LogP contribution in [0, 0.1) is 6.92 Å². The van der Waals surface area contributed by atoms with Crippen LogP contribution < -0.4 is 5.32 Å². The number of benzene rings is 3.